The Morgan fingerprint density at radius 3 is 2.30 bits per heavy atom. The average molecular weight is 301 g/mol. The average Bonchev–Trinajstić information content (AvgIpc) is 2.85. The standard InChI is InChI=1S/C14H27N3O2S/c1-16-11-3-4-12(16)8-14(7-11,10-15)17(2)13-5-6-20(18,19)9-13/h11-13H,3-10,15H2,1-2H3. The van der Waals surface area contributed by atoms with Crippen LogP contribution >= 0.6 is 0 Å². The Labute approximate surface area is 122 Å². The molecule has 116 valence electrons. The van der Waals surface area contributed by atoms with Gasteiger partial charge in [0.2, 0.25) is 0 Å². The molecule has 6 heteroatoms. The highest BCUT2D eigenvalue weighted by atomic mass is 32.2. The fourth-order valence-electron chi connectivity index (χ4n) is 4.61. The first-order valence-corrected chi connectivity index (χ1v) is 9.54. The minimum atomic E-state index is -2.83. The van der Waals surface area contributed by atoms with E-state index in [1.807, 2.05) is 0 Å². The number of likely N-dealkylation sites (N-methyl/N-ethyl adjacent to an activating group) is 1. The van der Waals surface area contributed by atoms with E-state index in [4.69, 9.17) is 5.73 Å². The number of hydrogen-bond acceptors (Lipinski definition) is 5. The minimum Gasteiger partial charge on any atom is -0.329 e. The Morgan fingerprint density at radius 1 is 1.25 bits per heavy atom. The van der Waals surface area contributed by atoms with Gasteiger partial charge in [0.25, 0.3) is 0 Å². The number of nitrogens with two attached hydrogens (primary N) is 1. The van der Waals surface area contributed by atoms with Crippen LogP contribution in [0.2, 0.25) is 0 Å². The van der Waals surface area contributed by atoms with E-state index in [0.717, 1.165) is 19.3 Å². The first-order valence-electron chi connectivity index (χ1n) is 7.72. The van der Waals surface area contributed by atoms with Gasteiger partial charge in [-0.3, -0.25) is 4.90 Å². The van der Waals surface area contributed by atoms with Gasteiger partial charge in [-0.05, 0) is 46.2 Å². The molecule has 0 aromatic heterocycles. The van der Waals surface area contributed by atoms with Gasteiger partial charge < -0.3 is 10.6 Å². The van der Waals surface area contributed by atoms with Crippen LogP contribution in [0.15, 0.2) is 0 Å². The van der Waals surface area contributed by atoms with Crippen LogP contribution in [-0.4, -0.2) is 74.0 Å². The zero-order valence-corrected chi connectivity index (χ0v) is 13.4. The van der Waals surface area contributed by atoms with Crippen molar-refractivity contribution in [1.82, 2.24) is 9.80 Å². The molecule has 3 saturated heterocycles. The summed E-state index contributed by atoms with van der Waals surface area (Å²) >= 11 is 0. The van der Waals surface area contributed by atoms with Crippen molar-refractivity contribution in [2.75, 3.05) is 32.1 Å². The van der Waals surface area contributed by atoms with Crippen LogP contribution in [0.4, 0.5) is 0 Å². The second-order valence-corrected chi connectivity index (χ2v) is 9.28. The van der Waals surface area contributed by atoms with Crippen molar-refractivity contribution < 1.29 is 8.42 Å². The molecule has 0 spiro atoms. The monoisotopic (exact) mass is 301 g/mol. The number of nitrogens with zero attached hydrogens (tertiary/aromatic N) is 2. The van der Waals surface area contributed by atoms with Gasteiger partial charge in [-0.1, -0.05) is 0 Å². The molecule has 0 amide bonds. The summed E-state index contributed by atoms with van der Waals surface area (Å²) in [7, 11) is 1.50. The maximum Gasteiger partial charge on any atom is 0.151 e. The normalized spacial score (nSPS) is 44.3. The Kier molecular flexibility index (Phi) is 3.64. The molecule has 20 heavy (non-hydrogen) atoms. The van der Waals surface area contributed by atoms with Gasteiger partial charge in [0.05, 0.1) is 11.5 Å². The van der Waals surface area contributed by atoms with Gasteiger partial charge >= 0.3 is 0 Å². The van der Waals surface area contributed by atoms with Crippen molar-refractivity contribution in [3.63, 3.8) is 0 Å². The predicted octanol–water partition coefficient (Wildman–Crippen LogP) is 0.0594. The summed E-state index contributed by atoms with van der Waals surface area (Å²) in [6.07, 6.45) is 5.47. The van der Waals surface area contributed by atoms with Gasteiger partial charge in [-0.15, -0.1) is 0 Å². The molecule has 0 aromatic carbocycles. The first kappa shape index (κ1) is 14.8. The molecule has 0 saturated carbocycles. The summed E-state index contributed by atoms with van der Waals surface area (Å²) in [5, 5.41) is 0. The van der Waals surface area contributed by atoms with Crippen molar-refractivity contribution in [3.05, 3.63) is 0 Å². The van der Waals surface area contributed by atoms with E-state index >= 15 is 0 Å². The smallest absolute Gasteiger partial charge is 0.151 e. The molecule has 2 N–H and O–H groups in total. The first-order chi connectivity index (χ1) is 9.37. The number of sulfone groups is 1. The highest BCUT2D eigenvalue weighted by Gasteiger charge is 2.50. The van der Waals surface area contributed by atoms with Crippen LogP contribution in [0.5, 0.6) is 0 Å². The van der Waals surface area contributed by atoms with Crippen molar-refractivity contribution >= 4 is 9.84 Å². The topological polar surface area (TPSA) is 66.6 Å². The zero-order chi connectivity index (χ0) is 14.5. The maximum absolute atomic E-state index is 11.7. The third-order valence-electron chi connectivity index (χ3n) is 6.10. The number of piperidine rings is 1. The van der Waals surface area contributed by atoms with Crippen LogP contribution < -0.4 is 5.73 Å². The Hall–Kier alpha value is -0.170. The third-order valence-corrected chi connectivity index (χ3v) is 7.85. The van der Waals surface area contributed by atoms with E-state index in [2.05, 4.69) is 23.9 Å². The lowest BCUT2D eigenvalue weighted by molar-refractivity contribution is -0.00209. The lowest BCUT2D eigenvalue weighted by Crippen LogP contribution is -2.63. The van der Waals surface area contributed by atoms with Crippen LogP contribution in [0, 0.1) is 0 Å². The highest BCUT2D eigenvalue weighted by Crippen LogP contribution is 2.43. The largest absolute Gasteiger partial charge is 0.329 e. The van der Waals surface area contributed by atoms with Gasteiger partial charge in [0.1, 0.15) is 0 Å². The minimum absolute atomic E-state index is 0.00285. The van der Waals surface area contributed by atoms with Gasteiger partial charge in [-0.2, -0.15) is 0 Å². The molecule has 3 rings (SSSR count). The quantitative estimate of drug-likeness (QED) is 0.798. The van der Waals surface area contributed by atoms with Crippen molar-refractivity contribution in [1.29, 1.82) is 0 Å². The lowest BCUT2D eigenvalue weighted by atomic mass is 9.80. The second kappa shape index (κ2) is 4.93. The van der Waals surface area contributed by atoms with E-state index < -0.39 is 9.84 Å². The molecule has 3 aliphatic rings. The van der Waals surface area contributed by atoms with Crippen molar-refractivity contribution in [2.24, 2.45) is 5.73 Å². The molecule has 3 unspecified atom stereocenters. The van der Waals surface area contributed by atoms with Crippen molar-refractivity contribution in [2.45, 2.75) is 55.8 Å². The molecule has 3 atom stereocenters. The van der Waals surface area contributed by atoms with Crippen molar-refractivity contribution in [3.8, 4) is 0 Å². The second-order valence-electron chi connectivity index (χ2n) is 7.05. The summed E-state index contributed by atoms with van der Waals surface area (Å²) in [4.78, 5) is 4.84. The molecule has 0 aliphatic carbocycles. The predicted molar refractivity (Wildman–Crippen MR) is 80.4 cm³/mol. The Balaban J connectivity index is 1.80. The van der Waals surface area contributed by atoms with Crippen LogP contribution in [0.25, 0.3) is 0 Å². The molecule has 0 radical (unpaired) electrons. The highest BCUT2D eigenvalue weighted by molar-refractivity contribution is 7.91. The summed E-state index contributed by atoms with van der Waals surface area (Å²) in [5.74, 6) is 0.659. The van der Waals surface area contributed by atoms with E-state index in [0.29, 0.717) is 30.1 Å². The number of fused-ring (bicyclic) bond motifs is 2. The van der Waals surface area contributed by atoms with E-state index in [1.165, 1.54) is 12.8 Å². The molecular formula is C14H27N3O2S. The third kappa shape index (κ3) is 2.30. The van der Waals surface area contributed by atoms with Gasteiger partial charge in [0.15, 0.2) is 9.84 Å². The Bertz CT molecular complexity index is 465. The van der Waals surface area contributed by atoms with Crippen LogP contribution in [0.1, 0.15) is 32.1 Å². The SMILES string of the molecule is CN1C2CCC1CC(CN)(N(C)C1CCS(=O)(=O)C1)C2. The number of rotatable bonds is 3. The molecule has 5 nitrogen and oxygen atoms in total. The summed E-state index contributed by atoms with van der Waals surface area (Å²) in [5.41, 5.74) is 6.17. The lowest BCUT2D eigenvalue weighted by Gasteiger charge is -2.51. The zero-order valence-electron chi connectivity index (χ0n) is 12.6. The fourth-order valence-corrected chi connectivity index (χ4v) is 6.38. The molecule has 2 bridgehead atoms. The summed E-state index contributed by atoms with van der Waals surface area (Å²) in [6, 6.07) is 1.40. The maximum atomic E-state index is 11.7. The van der Waals surface area contributed by atoms with Gasteiger partial charge in [-0.25, -0.2) is 8.42 Å². The fraction of sp³-hybridized carbons (Fsp3) is 1.00. The van der Waals surface area contributed by atoms with E-state index in [-0.39, 0.29) is 11.6 Å². The van der Waals surface area contributed by atoms with Crippen LogP contribution in [-0.2, 0) is 9.84 Å². The van der Waals surface area contributed by atoms with Gasteiger partial charge in [0, 0.05) is 30.2 Å². The molecule has 3 aliphatic heterocycles. The molecule has 3 heterocycles. The van der Waals surface area contributed by atoms with E-state index in [9.17, 15) is 8.42 Å². The number of hydrogen-bond donors (Lipinski definition) is 1. The summed E-state index contributed by atoms with van der Waals surface area (Å²) < 4.78 is 23.5. The Morgan fingerprint density at radius 2 is 1.85 bits per heavy atom. The molecule has 3 fully saturated rings. The van der Waals surface area contributed by atoms with E-state index in [1.54, 1.807) is 0 Å². The van der Waals surface area contributed by atoms with Crippen LogP contribution in [0.3, 0.4) is 0 Å². The molecular weight excluding hydrogens is 274 g/mol. The molecule has 0 aromatic rings. The summed E-state index contributed by atoms with van der Waals surface area (Å²) in [6.45, 7) is 0.640.